The number of nitrogens with zero attached hydrogens (tertiary/aromatic N) is 6. The third-order valence-corrected chi connectivity index (χ3v) is 5.83. The van der Waals surface area contributed by atoms with Gasteiger partial charge in [0, 0.05) is 42.4 Å². The van der Waals surface area contributed by atoms with Gasteiger partial charge in [-0.3, -0.25) is 9.55 Å². The first kappa shape index (κ1) is 19.6. The summed E-state index contributed by atoms with van der Waals surface area (Å²) in [7, 11) is 0. The van der Waals surface area contributed by atoms with E-state index in [1.54, 1.807) is 18.6 Å². The quantitative estimate of drug-likeness (QED) is 0.418. The highest BCUT2D eigenvalue weighted by molar-refractivity contribution is 5.82. The molecule has 2 aromatic carbocycles. The van der Waals surface area contributed by atoms with Gasteiger partial charge in [-0.15, -0.1) is 0 Å². The van der Waals surface area contributed by atoms with Crippen LogP contribution in [0, 0.1) is 0 Å². The van der Waals surface area contributed by atoms with Crippen LogP contribution in [-0.4, -0.2) is 50.8 Å². The van der Waals surface area contributed by atoms with Gasteiger partial charge in [-0.2, -0.15) is 0 Å². The normalized spacial score (nSPS) is 14.0. The first-order valence-corrected chi connectivity index (χ1v) is 11.0. The summed E-state index contributed by atoms with van der Waals surface area (Å²) in [5.74, 6) is 0.719. The van der Waals surface area contributed by atoms with Gasteiger partial charge in [0.15, 0.2) is 11.5 Å². The molecule has 0 saturated carbocycles. The SMILES string of the molecule is c1ccc(-n2c(-c3cnccn3)nc3ccc(-c4cccc(N5CCOCC5)c4)nc32)cc1. The molecule has 1 aliphatic heterocycles. The van der Waals surface area contributed by atoms with Crippen LogP contribution in [0.2, 0.25) is 0 Å². The third kappa shape index (κ3) is 3.72. The number of ether oxygens (including phenoxy) is 1. The molecule has 0 N–H and O–H groups in total. The number of benzene rings is 2. The molecule has 1 fully saturated rings. The van der Waals surface area contributed by atoms with Crippen LogP contribution in [0.1, 0.15) is 0 Å². The van der Waals surface area contributed by atoms with Gasteiger partial charge in [0.2, 0.25) is 0 Å². The summed E-state index contributed by atoms with van der Waals surface area (Å²) in [5.41, 5.74) is 6.45. The summed E-state index contributed by atoms with van der Waals surface area (Å²) in [6, 6.07) is 22.7. The number of para-hydroxylation sites is 1. The Bertz CT molecular complexity index is 1390. The van der Waals surface area contributed by atoms with E-state index in [0.29, 0.717) is 5.69 Å². The summed E-state index contributed by atoms with van der Waals surface area (Å²) in [5, 5.41) is 0. The number of aromatic nitrogens is 5. The molecule has 0 spiro atoms. The second-order valence-electron chi connectivity index (χ2n) is 7.89. The molecule has 1 aliphatic rings. The molecule has 0 amide bonds. The lowest BCUT2D eigenvalue weighted by molar-refractivity contribution is 0.122. The third-order valence-electron chi connectivity index (χ3n) is 5.83. The fourth-order valence-corrected chi connectivity index (χ4v) is 4.21. The minimum Gasteiger partial charge on any atom is -0.378 e. The monoisotopic (exact) mass is 434 g/mol. The highest BCUT2D eigenvalue weighted by Crippen LogP contribution is 2.30. The molecule has 7 heteroatoms. The molecule has 3 aromatic heterocycles. The Hall–Kier alpha value is -4.10. The molecular weight excluding hydrogens is 412 g/mol. The van der Waals surface area contributed by atoms with Gasteiger partial charge in [-0.05, 0) is 36.4 Å². The van der Waals surface area contributed by atoms with Crippen molar-refractivity contribution < 1.29 is 4.74 Å². The lowest BCUT2D eigenvalue weighted by atomic mass is 10.1. The van der Waals surface area contributed by atoms with Crippen molar-refractivity contribution in [2.45, 2.75) is 0 Å². The van der Waals surface area contributed by atoms with Gasteiger partial charge in [0.1, 0.15) is 11.2 Å². The number of hydrogen-bond donors (Lipinski definition) is 0. The zero-order valence-corrected chi connectivity index (χ0v) is 18.0. The first-order chi connectivity index (χ1) is 16.4. The first-order valence-electron chi connectivity index (χ1n) is 11.0. The van der Waals surface area contributed by atoms with Crippen molar-refractivity contribution in [2.75, 3.05) is 31.2 Å². The topological polar surface area (TPSA) is 69.0 Å². The lowest BCUT2D eigenvalue weighted by Crippen LogP contribution is -2.36. The molecule has 7 nitrogen and oxygen atoms in total. The van der Waals surface area contributed by atoms with Gasteiger partial charge < -0.3 is 9.64 Å². The van der Waals surface area contributed by atoms with Crippen LogP contribution < -0.4 is 4.90 Å². The minimum absolute atomic E-state index is 0.704. The lowest BCUT2D eigenvalue weighted by Gasteiger charge is -2.29. The van der Waals surface area contributed by atoms with E-state index in [4.69, 9.17) is 14.7 Å². The Kier molecular flexibility index (Phi) is 5.01. The van der Waals surface area contributed by atoms with Crippen molar-refractivity contribution in [3.05, 3.63) is 85.3 Å². The molecule has 0 bridgehead atoms. The molecule has 5 aromatic rings. The average Bonchev–Trinajstić information content (AvgIpc) is 3.29. The maximum atomic E-state index is 5.51. The number of pyridine rings is 1. The number of morpholine rings is 1. The summed E-state index contributed by atoms with van der Waals surface area (Å²) in [4.78, 5) is 21.0. The van der Waals surface area contributed by atoms with E-state index in [1.807, 2.05) is 42.5 Å². The van der Waals surface area contributed by atoms with Crippen LogP contribution in [0.5, 0.6) is 0 Å². The van der Waals surface area contributed by atoms with Crippen LogP contribution in [-0.2, 0) is 4.74 Å². The summed E-state index contributed by atoms with van der Waals surface area (Å²) >= 11 is 0. The van der Waals surface area contributed by atoms with Crippen molar-refractivity contribution in [2.24, 2.45) is 0 Å². The summed E-state index contributed by atoms with van der Waals surface area (Å²) in [6.45, 7) is 3.32. The molecule has 4 heterocycles. The molecule has 0 atom stereocenters. The van der Waals surface area contributed by atoms with Crippen molar-refractivity contribution in [1.29, 1.82) is 0 Å². The Labute approximate surface area is 191 Å². The molecule has 0 radical (unpaired) electrons. The number of imidazole rings is 1. The Morgan fingerprint density at radius 2 is 1.61 bits per heavy atom. The highest BCUT2D eigenvalue weighted by Gasteiger charge is 2.18. The van der Waals surface area contributed by atoms with E-state index in [9.17, 15) is 0 Å². The molecule has 0 aliphatic carbocycles. The predicted molar refractivity (Wildman–Crippen MR) is 128 cm³/mol. The van der Waals surface area contributed by atoms with Crippen molar-refractivity contribution in [3.63, 3.8) is 0 Å². The highest BCUT2D eigenvalue weighted by atomic mass is 16.5. The van der Waals surface area contributed by atoms with Crippen molar-refractivity contribution >= 4 is 16.9 Å². The Balaban J connectivity index is 1.50. The van der Waals surface area contributed by atoms with Crippen LogP contribution in [0.4, 0.5) is 5.69 Å². The maximum absolute atomic E-state index is 5.51. The zero-order chi connectivity index (χ0) is 22.0. The number of anilines is 1. The van der Waals surface area contributed by atoms with Gasteiger partial charge in [-0.25, -0.2) is 15.0 Å². The second kappa shape index (κ2) is 8.44. The standard InChI is InChI=1S/C26H22N6O/c1-2-6-20(7-3-1)32-25-23(30-26(32)24-18-27-11-12-28-24)10-9-22(29-25)19-5-4-8-21(17-19)31-13-15-33-16-14-31/h1-12,17-18H,13-16H2. The summed E-state index contributed by atoms with van der Waals surface area (Å²) < 4.78 is 7.56. The number of rotatable bonds is 4. The van der Waals surface area contributed by atoms with E-state index >= 15 is 0 Å². The maximum Gasteiger partial charge on any atom is 0.167 e. The zero-order valence-electron chi connectivity index (χ0n) is 18.0. The van der Waals surface area contributed by atoms with Gasteiger partial charge in [0.05, 0.1) is 25.1 Å². The Morgan fingerprint density at radius 3 is 2.42 bits per heavy atom. The predicted octanol–water partition coefficient (Wildman–Crippen LogP) is 4.38. The molecule has 0 unspecified atom stereocenters. The Morgan fingerprint density at radius 1 is 0.758 bits per heavy atom. The van der Waals surface area contributed by atoms with Crippen LogP contribution >= 0.6 is 0 Å². The average molecular weight is 435 g/mol. The van der Waals surface area contributed by atoms with E-state index in [-0.39, 0.29) is 0 Å². The fraction of sp³-hybridized carbons (Fsp3) is 0.154. The van der Waals surface area contributed by atoms with E-state index in [0.717, 1.165) is 60.2 Å². The van der Waals surface area contributed by atoms with Gasteiger partial charge in [0.25, 0.3) is 0 Å². The largest absolute Gasteiger partial charge is 0.378 e. The van der Waals surface area contributed by atoms with E-state index in [1.165, 1.54) is 5.69 Å². The van der Waals surface area contributed by atoms with E-state index < -0.39 is 0 Å². The fourth-order valence-electron chi connectivity index (χ4n) is 4.21. The van der Waals surface area contributed by atoms with Gasteiger partial charge in [-0.1, -0.05) is 30.3 Å². The van der Waals surface area contributed by atoms with E-state index in [2.05, 4.69) is 43.7 Å². The molecule has 6 rings (SSSR count). The smallest absolute Gasteiger partial charge is 0.167 e. The molecule has 1 saturated heterocycles. The van der Waals surface area contributed by atoms with Gasteiger partial charge >= 0.3 is 0 Å². The molecule has 162 valence electrons. The van der Waals surface area contributed by atoms with Crippen molar-refractivity contribution in [1.82, 2.24) is 24.5 Å². The minimum atomic E-state index is 0.704. The molecular formula is C26H22N6O. The molecule has 33 heavy (non-hydrogen) atoms. The van der Waals surface area contributed by atoms with Crippen LogP contribution in [0.15, 0.2) is 85.3 Å². The second-order valence-corrected chi connectivity index (χ2v) is 7.89. The number of hydrogen-bond acceptors (Lipinski definition) is 6. The van der Waals surface area contributed by atoms with Crippen LogP contribution in [0.3, 0.4) is 0 Å². The van der Waals surface area contributed by atoms with Crippen LogP contribution in [0.25, 0.3) is 39.6 Å². The number of fused-ring (bicyclic) bond motifs is 1. The van der Waals surface area contributed by atoms with Crippen molar-refractivity contribution in [3.8, 4) is 28.5 Å². The summed E-state index contributed by atoms with van der Waals surface area (Å²) in [6.07, 6.45) is 5.07.